The molecule has 0 unspecified atom stereocenters. The quantitative estimate of drug-likeness (QED) is 0.539. The molecule has 0 saturated carbocycles. The van der Waals surface area contributed by atoms with Gasteiger partial charge in [-0.15, -0.1) is 0 Å². The summed E-state index contributed by atoms with van der Waals surface area (Å²) >= 11 is 5.44. The fraction of sp³-hybridized carbons (Fsp3) is 0.231. The number of amides is 1. The minimum absolute atomic E-state index is 0.261. The van der Waals surface area contributed by atoms with Gasteiger partial charge in [0, 0.05) is 31.7 Å². The maximum atomic E-state index is 12.8. The van der Waals surface area contributed by atoms with Gasteiger partial charge < -0.3 is 19.9 Å². The van der Waals surface area contributed by atoms with Gasteiger partial charge >= 0.3 is 0 Å². The van der Waals surface area contributed by atoms with E-state index in [9.17, 15) is 4.79 Å². The van der Waals surface area contributed by atoms with Crippen molar-refractivity contribution in [3.63, 3.8) is 0 Å². The lowest BCUT2D eigenvalue weighted by molar-refractivity contribution is 0.0977. The number of carbonyl (C=O) groups excluding carboxylic acids is 1. The summed E-state index contributed by atoms with van der Waals surface area (Å²) in [5.41, 5.74) is 3.51. The van der Waals surface area contributed by atoms with E-state index in [1.165, 1.54) is 0 Å². The van der Waals surface area contributed by atoms with Crippen LogP contribution in [0.1, 0.15) is 15.9 Å². The molecule has 0 atom stereocenters. The van der Waals surface area contributed by atoms with E-state index in [2.05, 4.69) is 33.5 Å². The van der Waals surface area contributed by atoms with Crippen molar-refractivity contribution in [1.29, 1.82) is 0 Å². The van der Waals surface area contributed by atoms with Crippen molar-refractivity contribution < 1.29 is 9.53 Å². The third-order valence-corrected chi connectivity index (χ3v) is 5.77. The molecule has 3 aromatic rings. The van der Waals surface area contributed by atoms with Crippen LogP contribution in [0.3, 0.4) is 0 Å². The molecule has 0 spiro atoms. The molecule has 1 amide bonds. The third kappa shape index (κ3) is 6.31. The summed E-state index contributed by atoms with van der Waals surface area (Å²) in [6.07, 6.45) is 0. The zero-order valence-corrected chi connectivity index (χ0v) is 19.5. The van der Waals surface area contributed by atoms with E-state index in [-0.39, 0.29) is 11.0 Å². The Morgan fingerprint density at radius 3 is 2.45 bits per heavy atom. The maximum Gasteiger partial charge on any atom is 0.257 e. The van der Waals surface area contributed by atoms with Gasteiger partial charge in [0.15, 0.2) is 5.11 Å². The standard InChI is InChI=1S/C26H28N4O2S/c1-29-14-16-30(17-15-29)24-13-6-5-12-23(24)27-26(33)28-25(31)21-10-7-11-22(18-21)32-19-20-8-3-2-4-9-20/h2-13,18H,14-17,19H2,1H3,(H2,27,28,31,33). The lowest BCUT2D eigenvalue weighted by Gasteiger charge is -2.35. The summed E-state index contributed by atoms with van der Waals surface area (Å²) in [6, 6.07) is 25.0. The Labute approximate surface area is 200 Å². The van der Waals surface area contributed by atoms with Crippen LogP contribution in [-0.2, 0) is 6.61 Å². The molecule has 3 aromatic carbocycles. The molecule has 0 radical (unpaired) electrons. The van der Waals surface area contributed by atoms with Crippen molar-refractivity contribution in [1.82, 2.24) is 10.2 Å². The largest absolute Gasteiger partial charge is 0.489 e. The number of nitrogens with zero attached hydrogens (tertiary/aromatic N) is 2. The third-order valence-electron chi connectivity index (χ3n) is 5.57. The summed E-state index contributed by atoms with van der Waals surface area (Å²) < 4.78 is 5.84. The lowest BCUT2D eigenvalue weighted by atomic mass is 10.2. The number of anilines is 2. The molecule has 7 heteroatoms. The molecule has 1 saturated heterocycles. The smallest absolute Gasteiger partial charge is 0.257 e. The Hall–Kier alpha value is -3.42. The second-order valence-corrected chi connectivity index (χ2v) is 8.43. The number of likely N-dealkylation sites (N-methyl/N-ethyl adjacent to an activating group) is 1. The molecule has 2 N–H and O–H groups in total. The summed E-state index contributed by atoms with van der Waals surface area (Å²) in [6.45, 7) is 4.36. The molecule has 1 aliphatic rings. The zero-order chi connectivity index (χ0) is 23.0. The predicted molar refractivity (Wildman–Crippen MR) is 137 cm³/mol. The second-order valence-electron chi connectivity index (χ2n) is 8.02. The van der Waals surface area contributed by atoms with E-state index < -0.39 is 0 Å². The van der Waals surface area contributed by atoms with Crippen molar-refractivity contribution in [3.05, 3.63) is 90.0 Å². The first kappa shape index (κ1) is 22.8. The molecule has 1 aliphatic heterocycles. The predicted octanol–water partition coefficient (Wildman–Crippen LogP) is 4.14. The van der Waals surface area contributed by atoms with Gasteiger partial charge in [0.1, 0.15) is 12.4 Å². The van der Waals surface area contributed by atoms with Gasteiger partial charge in [0.05, 0.1) is 11.4 Å². The Kier molecular flexibility index (Phi) is 7.55. The van der Waals surface area contributed by atoms with Gasteiger partial charge in [-0.1, -0.05) is 48.5 Å². The molecule has 170 valence electrons. The first-order valence-corrected chi connectivity index (χ1v) is 11.4. The number of thiocarbonyl (C=S) groups is 1. The highest BCUT2D eigenvalue weighted by Crippen LogP contribution is 2.26. The number of nitrogens with one attached hydrogen (secondary N) is 2. The second kappa shape index (κ2) is 10.9. The Morgan fingerprint density at radius 2 is 1.67 bits per heavy atom. The number of ether oxygens (including phenoxy) is 1. The minimum Gasteiger partial charge on any atom is -0.489 e. The van der Waals surface area contributed by atoms with Crippen molar-refractivity contribution in [2.75, 3.05) is 43.4 Å². The van der Waals surface area contributed by atoms with Crippen LogP contribution in [0.4, 0.5) is 11.4 Å². The van der Waals surface area contributed by atoms with Gasteiger partial charge in [0.2, 0.25) is 0 Å². The Balaban J connectivity index is 1.36. The van der Waals surface area contributed by atoms with Gasteiger partial charge in [-0.05, 0) is 55.2 Å². The highest BCUT2D eigenvalue weighted by Gasteiger charge is 2.17. The molecule has 0 aromatic heterocycles. The summed E-state index contributed by atoms with van der Waals surface area (Å²) in [7, 11) is 2.13. The number of hydrogen-bond donors (Lipinski definition) is 2. The van der Waals surface area contributed by atoms with Gasteiger partial charge in [0.25, 0.3) is 5.91 Å². The van der Waals surface area contributed by atoms with E-state index in [1.54, 1.807) is 18.2 Å². The Bertz CT molecular complexity index is 1100. The fourth-order valence-electron chi connectivity index (χ4n) is 3.70. The normalized spacial score (nSPS) is 13.9. The number of piperazine rings is 1. The molecule has 33 heavy (non-hydrogen) atoms. The fourth-order valence-corrected chi connectivity index (χ4v) is 3.90. The topological polar surface area (TPSA) is 56.8 Å². The van der Waals surface area contributed by atoms with E-state index in [0.29, 0.717) is 17.9 Å². The minimum atomic E-state index is -0.283. The van der Waals surface area contributed by atoms with Crippen LogP contribution in [0.2, 0.25) is 0 Å². The average molecular weight is 461 g/mol. The van der Waals surface area contributed by atoms with Gasteiger partial charge in [-0.2, -0.15) is 0 Å². The molecule has 4 rings (SSSR count). The van der Waals surface area contributed by atoms with Crippen molar-refractivity contribution in [2.24, 2.45) is 0 Å². The Morgan fingerprint density at radius 1 is 0.939 bits per heavy atom. The van der Waals surface area contributed by atoms with Crippen molar-refractivity contribution in [3.8, 4) is 5.75 Å². The molecule has 1 fully saturated rings. The van der Waals surface area contributed by atoms with Gasteiger partial charge in [-0.3, -0.25) is 10.1 Å². The van der Waals surface area contributed by atoms with Gasteiger partial charge in [-0.25, -0.2) is 0 Å². The van der Waals surface area contributed by atoms with Crippen LogP contribution in [0.5, 0.6) is 5.75 Å². The van der Waals surface area contributed by atoms with E-state index in [0.717, 1.165) is 43.1 Å². The maximum absolute atomic E-state index is 12.8. The highest BCUT2D eigenvalue weighted by atomic mass is 32.1. The molecule has 1 heterocycles. The van der Waals surface area contributed by atoms with E-state index >= 15 is 0 Å². The van der Waals surface area contributed by atoms with Crippen molar-refractivity contribution in [2.45, 2.75) is 6.61 Å². The van der Waals surface area contributed by atoms with Crippen LogP contribution in [0, 0.1) is 0 Å². The van der Waals surface area contributed by atoms with Crippen molar-refractivity contribution >= 4 is 34.6 Å². The zero-order valence-electron chi connectivity index (χ0n) is 18.7. The molecule has 0 bridgehead atoms. The van der Waals surface area contributed by atoms with E-state index in [1.807, 2.05) is 54.6 Å². The lowest BCUT2D eigenvalue weighted by Crippen LogP contribution is -2.45. The number of benzene rings is 3. The number of para-hydroxylation sites is 2. The molecular formula is C26H28N4O2S. The van der Waals surface area contributed by atoms with Crippen LogP contribution in [0.15, 0.2) is 78.9 Å². The number of rotatable bonds is 6. The highest BCUT2D eigenvalue weighted by molar-refractivity contribution is 7.80. The first-order valence-electron chi connectivity index (χ1n) is 11.0. The number of hydrogen-bond acceptors (Lipinski definition) is 5. The molecule has 0 aliphatic carbocycles. The summed E-state index contributed by atoms with van der Waals surface area (Å²) in [4.78, 5) is 17.4. The SMILES string of the molecule is CN1CCN(c2ccccc2NC(=S)NC(=O)c2cccc(OCc3ccccc3)c2)CC1. The number of carbonyl (C=O) groups is 1. The molecular weight excluding hydrogens is 432 g/mol. The van der Waals surface area contributed by atoms with Crippen LogP contribution >= 0.6 is 12.2 Å². The first-order chi connectivity index (χ1) is 16.1. The average Bonchev–Trinajstić information content (AvgIpc) is 2.84. The van der Waals surface area contributed by atoms with Crippen LogP contribution in [0.25, 0.3) is 0 Å². The summed E-state index contributed by atoms with van der Waals surface area (Å²) in [5, 5.41) is 6.24. The molecule has 6 nitrogen and oxygen atoms in total. The summed E-state index contributed by atoms with van der Waals surface area (Å²) in [5.74, 6) is 0.348. The van der Waals surface area contributed by atoms with E-state index in [4.69, 9.17) is 17.0 Å². The van der Waals surface area contributed by atoms with Crippen LogP contribution in [-0.4, -0.2) is 49.1 Å². The van der Waals surface area contributed by atoms with Crippen LogP contribution < -0.4 is 20.3 Å². The monoisotopic (exact) mass is 460 g/mol.